The van der Waals surface area contributed by atoms with E-state index in [9.17, 15) is 4.79 Å². The number of benzene rings is 1. The van der Waals surface area contributed by atoms with Gasteiger partial charge in [-0.05, 0) is 30.3 Å². The van der Waals surface area contributed by atoms with E-state index < -0.39 is 0 Å². The number of rotatable bonds is 4. The molecule has 1 N–H and O–H groups in total. The van der Waals surface area contributed by atoms with Gasteiger partial charge in [-0.1, -0.05) is 35.0 Å². The Labute approximate surface area is 136 Å². The molecule has 0 radical (unpaired) electrons. The molecule has 4 nitrogen and oxygen atoms in total. The zero-order chi connectivity index (χ0) is 15.2. The minimum atomic E-state index is -0.206. The van der Waals surface area contributed by atoms with Gasteiger partial charge in [0.25, 0.3) is 0 Å². The number of hydrogen-bond donors (Lipinski definition) is 1. The van der Waals surface area contributed by atoms with E-state index in [0.29, 0.717) is 26.3 Å². The molecule has 1 amide bonds. The number of hydrogen-bond acceptors (Lipinski definition) is 4. The summed E-state index contributed by atoms with van der Waals surface area (Å²) in [6.07, 6.45) is 1.62. The van der Waals surface area contributed by atoms with Gasteiger partial charge in [-0.25, -0.2) is 4.98 Å². The summed E-state index contributed by atoms with van der Waals surface area (Å²) in [4.78, 5) is 15.9. The zero-order valence-electron chi connectivity index (χ0n) is 10.6. The number of halogens is 2. The van der Waals surface area contributed by atoms with Crippen molar-refractivity contribution >= 4 is 46.6 Å². The average Bonchev–Trinajstić information content (AvgIpc) is 2.46. The molecule has 0 atom stereocenters. The highest BCUT2D eigenvalue weighted by Crippen LogP contribution is 2.24. The molecule has 0 bridgehead atoms. The number of nitriles is 1. The van der Waals surface area contributed by atoms with Crippen LogP contribution in [-0.4, -0.2) is 16.6 Å². The fourth-order valence-corrected chi connectivity index (χ4v) is 2.68. The first-order valence-electron chi connectivity index (χ1n) is 5.83. The average molecular weight is 338 g/mol. The second-order valence-electron chi connectivity index (χ2n) is 3.93. The first-order chi connectivity index (χ1) is 10.1. The van der Waals surface area contributed by atoms with Crippen LogP contribution in [0, 0.1) is 11.3 Å². The number of nitrogens with zero attached hydrogens (tertiary/aromatic N) is 2. The molecule has 2 aromatic rings. The summed E-state index contributed by atoms with van der Waals surface area (Å²) in [5.74, 6) is -0.0311. The van der Waals surface area contributed by atoms with Crippen LogP contribution in [0.2, 0.25) is 10.0 Å². The van der Waals surface area contributed by atoms with Gasteiger partial charge in [-0.3, -0.25) is 4.79 Å². The van der Waals surface area contributed by atoms with Crippen molar-refractivity contribution in [2.75, 3.05) is 11.1 Å². The summed E-state index contributed by atoms with van der Waals surface area (Å²) in [7, 11) is 0. The topological polar surface area (TPSA) is 65.8 Å². The monoisotopic (exact) mass is 337 g/mol. The molecule has 106 valence electrons. The highest BCUT2D eigenvalue weighted by atomic mass is 35.5. The summed E-state index contributed by atoms with van der Waals surface area (Å²) in [5, 5.41) is 12.9. The summed E-state index contributed by atoms with van der Waals surface area (Å²) in [5.41, 5.74) is 0.904. The van der Waals surface area contributed by atoms with E-state index in [1.54, 1.807) is 30.5 Å². The Kier molecular flexibility index (Phi) is 5.45. The fourth-order valence-electron chi connectivity index (χ4n) is 1.49. The van der Waals surface area contributed by atoms with Gasteiger partial charge in [0.05, 0.1) is 21.4 Å². The maximum atomic E-state index is 11.9. The van der Waals surface area contributed by atoms with Crippen LogP contribution in [-0.2, 0) is 4.79 Å². The van der Waals surface area contributed by atoms with Crippen molar-refractivity contribution in [3.8, 4) is 6.07 Å². The molecule has 21 heavy (non-hydrogen) atoms. The minimum Gasteiger partial charge on any atom is -0.325 e. The van der Waals surface area contributed by atoms with Crippen LogP contribution in [0.5, 0.6) is 0 Å². The highest BCUT2D eigenvalue weighted by molar-refractivity contribution is 8.00. The Morgan fingerprint density at radius 1 is 1.33 bits per heavy atom. The molecule has 1 aromatic carbocycles. The Morgan fingerprint density at radius 2 is 2.14 bits per heavy atom. The molecule has 0 spiro atoms. The Morgan fingerprint density at radius 3 is 2.81 bits per heavy atom. The van der Waals surface area contributed by atoms with Crippen LogP contribution in [0.1, 0.15) is 5.56 Å². The lowest BCUT2D eigenvalue weighted by Gasteiger charge is -2.06. The van der Waals surface area contributed by atoms with Crippen molar-refractivity contribution in [3.05, 3.63) is 52.1 Å². The van der Waals surface area contributed by atoms with Crippen molar-refractivity contribution in [1.82, 2.24) is 4.98 Å². The minimum absolute atomic E-state index is 0.175. The SMILES string of the molecule is N#Cc1ccc(NC(=O)CSc2ncccc2Cl)cc1Cl. The smallest absolute Gasteiger partial charge is 0.234 e. The maximum absolute atomic E-state index is 11.9. The third-order valence-corrected chi connectivity index (χ3v) is 4.17. The molecule has 0 unspecified atom stereocenters. The number of amides is 1. The number of carbonyl (C=O) groups excluding carboxylic acids is 1. The van der Waals surface area contributed by atoms with Gasteiger partial charge >= 0.3 is 0 Å². The van der Waals surface area contributed by atoms with Crippen LogP contribution >= 0.6 is 35.0 Å². The summed E-state index contributed by atoms with van der Waals surface area (Å²) in [6.45, 7) is 0. The van der Waals surface area contributed by atoms with Crippen molar-refractivity contribution in [3.63, 3.8) is 0 Å². The molecule has 1 aromatic heterocycles. The van der Waals surface area contributed by atoms with Crippen LogP contribution in [0.15, 0.2) is 41.6 Å². The van der Waals surface area contributed by atoms with Crippen LogP contribution in [0.4, 0.5) is 5.69 Å². The van der Waals surface area contributed by atoms with Crippen LogP contribution in [0.3, 0.4) is 0 Å². The van der Waals surface area contributed by atoms with Gasteiger partial charge in [0.2, 0.25) is 5.91 Å². The summed E-state index contributed by atoms with van der Waals surface area (Å²) in [6, 6.07) is 10.1. The quantitative estimate of drug-likeness (QED) is 0.856. The first-order valence-corrected chi connectivity index (χ1v) is 7.57. The lowest BCUT2D eigenvalue weighted by atomic mass is 10.2. The zero-order valence-corrected chi connectivity index (χ0v) is 13.0. The summed E-state index contributed by atoms with van der Waals surface area (Å²) < 4.78 is 0. The van der Waals surface area contributed by atoms with Crippen LogP contribution in [0.25, 0.3) is 0 Å². The number of thioether (sulfide) groups is 1. The van der Waals surface area contributed by atoms with Gasteiger partial charge in [-0.2, -0.15) is 5.26 Å². The van der Waals surface area contributed by atoms with Crippen molar-refractivity contribution in [2.24, 2.45) is 0 Å². The Balaban J connectivity index is 1.95. The predicted octanol–water partition coefficient (Wildman–Crippen LogP) is 3.99. The molecule has 7 heteroatoms. The first kappa shape index (κ1) is 15.6. The lowest BCUT2D eigenvalue weighted by Crippen LogP contribution is -2.14. The second kappa shape index (κ2) is 7.32. The fraction of sp³-hybridized carbons (Fsp3) is 0.0714. The van der Waals surface area contributed by atoms with Crippen LogP contribution < -0.4 is 5.32 Å². The van der Waals surface area contributed by atoms with Gasteiger partial charge in [-0.15, -0.1) is 0 Å². The summed E-state index contributed by atoms with van der Waals surface area (Å²) >= 11 is 13.1. The molecule has 1 heterocycles. The third kappa shape index (κ3) is 4.36. The van der Waals surface area contributed by atoms with E-state index in [-0.39, 0.29) is 11.7 Å². The lowest BCUT2D eigenvalue weighted by molar-refractivity contribution is -0.113. The highest BCUT2D eigenvalue weighted by Gasteiger charge is 2.08. The van der Waals surface area contributed by atoms with Gasteiger partial charge in [0.1, 0.15) is 11.1 Å². The molecule has 0 saturated carbocycles. The van der Waals surface area contributed by atoms with E-state index in [4.69, 9.17) is 28.5 Å². The molecule has 0 aliphatic heterocycles. The van der Waals surface area contributed by atoms with E-state index >= 15 is 0 Å². The van der Waals surface area contributed by atoms with Gasteiger partial charge in [0.15, 0.2) is 0 Å². The van der Waals surface area contributed by atoms with E-state index in [1.165, 1.54) is 17.8 Å². The Bertz CT molecular complexity index is 716. The largest absolute Gasteiger partial charge is 0.325 e. The van der Waals surface area contributed by atoms with Gasteiger partial charge in [0, 0.05) is 11.9 Å². The molecule has 2 rings (SSSR count). The second-order valence-corrected chi connectivity index (χ2v) is 5.71. The number of nitrogens with one attached hydrogen (secondary N) is 1. The van der Waals surface area contributed by atoms with Gasteiger partial charge < -0.3 is 5.32 Å². The van der Waals surface area contributed by atoms with Crippen molar-refractivity contribution < 1.29 is 4.79 Å². The normalized spacial score (nSPS) is 9.95. The number of pyridine rings is 1. The molecule has 0 aliphatic rings. The van der Waals surface area contributed by atoms with Crippen molar-refractivity contribution in [1.29, 1.82) is 5.26 Å². The van der Waals surface area contributed by atoms with E-state index in [1.807, 2.05) is 6.07 Å². The predicted molar refractivity (Wildman–Crippen MR) is 84.8 cm³/mol. The molecular formula is C14H9Cl2N3OS. The standard InChI is InChI=1S/C14H9Cl2N3OS/c15-11-2-1-5-18-14(11)21-8-13(20)19-10-4-3-9(7-17)12(16)6-10/h1-6H,8H2,(H,19,20). The van der Waals surface area contributed by atoms with E-state index in [2.05, 4.69) is 10.3 Å². The number of carbonyl (C=O) groups is 1. The molecule has 0 fully saturated rings. The third-order valence-electron chi connectivity index (χ3n) is 2.44. The maximum Gasteiger partial charge on any atom is 0.234 e. The molecule has 0 aliphatic carbocycles. The molecular weight excluding hydrogens is 329 g/mol. The Hall–Kier alpha value is -1.74. The number of aromatic nitrogens is 1. The van der Waals surface area contributed by atoms with Crippen molar-refractivity contribution in [2.45, 2.75) is 5.03 Å². The van der Waals surface area contributed by atoms with E-state index in [0.717, 1.165) is 0 Å². The number of anilines is 1. The molecule has 0 saturated heterocycles.